The van der Waals surface area contributed by atoms with Gasteiger partial charge in [-0.25, -0.2) is 0 Å². The van der Waals surface area contributed by atoms with Gasteiger partial charge in [-0.05, 0) is 24.3 Å². The molecule has 0 fully saturated rings. The van der Waals surface area contributed by atoms with E-state index in [1.165, 1.54) is 31.2 Å². The van der Waals surface area contributed by atoms with E-state index in [0.29, 0.717) is 5.69 Å². The molecule has 0 aliphatic carbocycles. The van der Waals surface area contributed by atoms with Crippen LogP contribution in [-0.2, 0) is 19.7 Å². The number of carbonyl (C=O) groups excluding carboxylic acids is 2. The van der Waals surface area contributed by atoms with Crippen LogP contribution in [0.4, 0.5) is 5.69 Å². The van der Waals surface area contributed by atoms with Crippen LogP contribution < -0.4 is 5.32 Å². The molecular weight excluding hydrogens is 317 g/mol. The van der Waals surface area contributed by atoms with Crippen LogP contribution >= 0.6 is 11.8 Å². The zero-order chi connectivity index (χ0) is 13.8. The second kappa shape index (κ2) is 8.52. The second-order valence-electron chi connectivity index (χ2n) is 3.33. The van der Waals surface area contributed by atoms with Crippen LogP contribution in [0.25, 0.3) is 0 Å². The molecule has 1 rings (SSSR count). The summed E-state index contributed by atoms with van der Waals surface area (Å²) in [6.07, 6.45) is 0. The Hall–Kier alpha value is 0.256. The molecule has 0 aliphatic heterocycles. The topological polar surface area (TPSA) is 101 Å². The van der Waals surface area contributed by atoms with Crippen LogP contribution in [0.3, 0.4) is 0 Å². The van der Waals surface area contributed by atoms with E-state index in [0.717, 1.165) is 11.8 Å². The fourth-order valence-corrected chi connectivity index (χ4v) is 1.96. The molecule has 2 N–H and O–H groups in total. The first-order valence-corrected chi connectivity index (χ1v) is 7.22. The average molecular weight is 329 g/mol. The summed E-state index contributed by atoms with van der Waals surface area (Å²) in [7, 11) is -4.23. The van der Waals surface area contributed by atoms with Gasteiger partial charge in [-0.15, -0.1) is 0 Å². The van der Waals surface area contributed by atoms with E-state index in [2.05, 4.69) is 5.32 Å². The number of amides is 1. The number of thioether (sulfide) groups is 1. The van der Waals surface area contributed by atoms with Crippen molar-refractivity contribution in [2.45, 2.75) is 11.8 Å². The molecule has 1 amide bonds. The van der Waals surface area contributed by atoms with E-state index in [1.807, 2.05) is 0 Å². The first-order chi connectivity index (χ1) is 8.29. The SMILES string of the molecule is CC(=O)SCC(=O)Nc1ccc(S(=O)(=O)O)cc1.[KH]. The standard InChI is InChI=1S/C10H11NO5S2.K.H/c1-7(12)17-6-10(13)11-8-2-4-9(5-3-8)18(14,15)16;;/h2-5H,6H2,1H3,(H,11,13)(H,14,15,16);;. The number of nitrogens with one attached hydrogen (secondary N) is 1. The summed E-state index contributed by atoms with van der Waals surface area (Å²) in [5.74, 6) is -0.371. The van der Waals surface area contributed by atoms with Crippen molar-refractivity contribution in [3.8, 4) is 0 Å². The third-order valence-corrected chi connectivity index (χ3v) is 3.52. The number of hydrogen-bond acceptors (Lipinski definition) is 5. The van der Waals surface area contributed by atoms with Crippen molar-refractivity contribution in [2.75, 3.05) is 11.1 Å². The van der Waals surface area contributed by atoms with Gasteiger partial charge in [0.25, 0.3) is 10.1 Å². The number of anilines is 1. The molecule has 0 bridgehead atoms. The van der Waals surface area contributed by atoms with Crippen molar-refractivity contribution in [1.82, 2.24) is 0 Å². The molecule has 0 unspecified atom stereocenters. The van der Waals surface area contributed by atoms with Gasteiger partial charge in [-0.2, -0.15) is 8.42 Å². The summed E-state index contributed by atoms with van der Waals surface area (Å²) in [5.41, 5.74) is 0.386. The van der Waals surface area contributed by atoms with E-state index < -0.39 is 10.1 Å². The minimum absolute atomic E-state index is 0. The summed E-state index contributed by atoms with van der Waals surface area (Å²) in [6, 6.07) is 5.03. The Kier molecular flexibility index (Phi) is 8.64. The fraction of sp³-hybridized carbons (Fsp3) is 0.200. The monoisotopic (exact) mass is 329 g/mol. The third-order valence-electron chi connectivity index (χ3n) is 1.84. The van der Waals surface area contributed by atoms with Gasteiger partial charge < -0.3 is 5.32 Å². The Morgan fingerprint density at radius 3 is 2.21 bits per heavy atom. The van der Waals surface area contributed by atoms with E-state index in [1.54, 1.807) is 0 Å². The van der Waals surface area contributed by atoms with Crippen molar-refractivity contribution in [3.63, 3.8) is 0 Å². The van der Waals surface area contributed by atoms with Crippen LogP contribution in [0.15, 0.2) is 29.2 Å². The molecule has 0 saturated carbocycles. The molecule has 19 heavy (non-hydrogen) atoms. The number of rotatable bonds is 4. The summed E-state index contributed by atoms with van der Waals surface area (Å²) < 4.78 is 30.3. The first kappa shape index (κ1) is 19.3. The van der Waals surface area contributed by atoms with Gasteiger partial charge in [-0.1, -0.05) is 11.8 Å². The van der Waals surface area contributed by atoms with Gasteiger partial charge in [0.1, 0.15) is 0 Å². The molecule has 0 aromatic heterocycles. The van der Waals surface area contributed by atoms with Crippen molar-refractivity contribution < 1.29 is 22.6 Å². The summed E-state index contributed by atoms with van der Waals surface area (Å²) in [4.78, 5) is 21.7. The van der Waals surface area contributed by atoms with Gasteiger partial charge in [0.05, 0.1) is 10.6 Å². The zero-order valence-corrected chi connectivity index (χ0v) is 11.0. The second-order valence-corrected chi connectivity index (χ2v) is 5.90. The fourth-order valence-electron chi connectivity index (χ4n) is 1.07. The van der Waals surface area contributed by atoms with Gasteiger partial charge in [0.2, 0.25) is 5.91 Å². The molecular formula is C10H12KNO5S2. The normalized spacial score (nSPS) is 10.4. The van der Waals surface area contributed by atoms with Crippen molar-refractivity contribution in [2.24, 2.45) is 0 Å². The average Bonchev–Trinajstić information content (AvgIpc) is 2.26. The summed E-state index contributed by atoms with van der Waals surface area (Å²) >= 11 is 0.879. The number of carbonyl (C=O) groups is 2. The third kappa shape index (κ3) is 7.56. The van der Waals surface area contributed by atoms with Gasteiger partial charge >= 0.3 is 51.4 Å². The van der Waals surface area contributed by atoms with E-state index >= 15 is 0 Å². The van der Waals surface area contributed by atoms with Crippen LogP contribution in [0.5, 0.6) is 0 Å². The summed E-state index contributed by atoms with van der Waals surface area (Å²) in [5, 5.41) is 2.33. The molecule has 100 valence electrons. The Morgan fingerprint density at radius 1 is 1.26 bits per heavy atom. The molecule has 0 heterocycles. The maximum atomic E-state index is 11.3. The molecule has 0 atom stereocenters. The zero-order valence-electron chi connectivity index (χ0n) is 9.41. The molecule has 1 aromatic carbocycles. The van der Waals surface area contributed by atoms with Crippen LogP contribution in [0, 0.1) is 0 Å². The van der Waals surface area contributed by atoms with Gasteiger partial charge in [0.15, 0.2) is 5.12 Å². The maximum absolute atomic E-state index is 11.3. The van der Waals surface area contributed by atoms with Crippen LogP contribution in [0.1, 0.15) is 6.92 Å². The quantitative estimate of drug-likeness (QED) is 0.616. The molecule has 0 saturated heterocycles. The number of benzene rings is 1. The predicted molar refractivity (Wildman–Crippen MR) is 75.2 cm³/mol. The molecule has 0 aliphatic rings. The first-order valence-electron chi connectivity index (χ1n) is 4.80. The van der Waals surface area contributed by atoms with E-state index in [-0.39, 0.29) is 73.1 Å². The Bertz CT molecular complexity index is 556. The van der Waals surface area contributed by atoms with E-state index in [9.17, 15) is 18.0 Å². The molecule has 0 radical (unpaired) electrons. The Labute approximate surface area is 157 Å². The molecule has 0 spiro atoms. The van der Waals surface area contributed by atoms with Gasteiger partial charge in [-0.3, -0.25) is 14.1 Å². The van der Waals surface area contributed by atoms with Crippen molar-refractivity contribution in [1.29, 1.82) is 0 Å². The van der Waals surface area contributed by atoms with Crippen LogP contribution in [-0.4, -0.2) is 81.1 Å². The number of hydrogen-bond donors (Lipinski definition) is 2. The van der Waals surface area contributed by atoms with E-state index in [4.69, 9.17) is 4.55 Å². The molecule has 9 heteroatoms. The minimum atomic E-state index is -4.23. The Balaban J connectivity index is 0.00000324. The van der Waals surface area contributed by atoms with Crippen molar-refractivity contribution in [3.05, 3.63) is 24.3 Å². The van der Waals surface area contributed by atoms with Crippen molar-refractivity contribution >= 4 is 90.0 Å². The molecule has 6 nitrogen and oxygen atoms in total. The summed E-state index contributed by atoms with van der Waals surface area (Å²) in [6.45, 7) is 1.36. The molecule has 1 aromatic rings. The van der Waals surface area contributed by atoms with Gasteiger partial charge in [0, 0.05) is 12.6 Å². The Morgan fingerprint density at radius 2 is 1.79 bits per heavy atom. The predicted octanol–water partition coefficient (Wildman–Crippen LogP) is 0.503. The van der Waals surface area contributed by atoms with Crippen LogP contribution in [0.2, 0.25) is 0 Å².